The van der Waals surface area contributed by atoms with Crippen molar-refractivity contribution in [3.8, 4) is 11.5 Å². The van der Waals surface area contributed by atoms with E-state index in [0.717, 1.165) is 36.8 Å². The molecule has 4 aliphatic rings. The van der Waals surface area contributed by atoms with Crippen LogP contribution in [0.1, 0.15) is 56.1 Å². The first-order chi connectivity index (χ1) is 15.6. The van der Waals surface area contributed by atoms with E-state index >= 15 is 0 Å². The number of ether oxygens (including phenoxy) is 2. The molecule has 2 saturated carbocycles. The highest BCUT2D eigenvalue weighted by molar-refractivity contribution is 5.87. The molecule has 1 aromatic carbocycles. The quantitative estimate of drug-likeness (QED) is 0.477. The van der Waals surface area contributed by atoms with E-state index in [2.05, 4.69) is 6.92 Å². The molecule has 33 heavy (non-hydrogen) atoms. The third-order valence-electron chi connectivity index (χ3n) is 8.59. The minimum absolute atomic E-state index is 0.0755. The van der Waals surface area contributed by atoms with Crippen molar-refractivity contribution in [2.24, 2.45) is 17.3 Å². The zero-order valence-corrected chi connectivity index (χ0v) is 18.3. The predicted octanol–water partition coefficient (Wildman–Crippen LogP) is -0.246. The molecule has 3 aliphatic carbocycles. The predicted molar refractivity (Wildman–Crippen MR) is 110 cm³/mol. The SMILES string of the molecule is C[C@]12CC[C@@H]3c4ccc(O)c(O[C@@H]5O[C@H](C(=O)[O-])[C@@H](O)[C@H](O)[C@H]5O)c4CC[C@H]3[C@@H]1CCC2=O. The molecule has 180 valence electrons. The Kier molecular flexibility index (Phi) is 5.43. The maximum absolute atomic E-state index is 12.6. The van der Waals surface area contributed by atoms with Gasteiger partial charge in [-0.25, -0.2) is 0 Å². The molecule has 1 aliphatic heterocycles. The average molecular weight is 461 g/mol. The summed E-state index contributed by atoms with van der Waals surface area (Å²) in [5, 5.41) is 52.1. The molecule has 0 radical (unpaired) electrons. The van der Waals surface area contributed by atoms with Crippen LogP contribution in [0.4, 0.5) is 0 Å². The van der Waals surface area contributed by atoms with Gasteiger partial charge in [0.15, 0.2) is 11.5 Å². The number of carbonyl (C=O) groups is 2. The Morgan fingerprint density at radius 2 is 1.88 bits per heavy atom. The third kappa shape index (κ3) is 3.36. The summed E-state index contributed by atoms with van der Waals surface area (Å²) in [6.07, 6.45) is -4.35. The lowest BCUT2D eigenvalue weighted by molar-refractivity contribution is -0.342. The van der Waals surface area contributed by atoms with Crippen LogP contribution in [0.25, 0.3) is 0 Å². The summed E-state index contributed by atoms with van der Waals surface area (Å²) in [7, 11) is 0. The Balaban J connectivity index is 1.45. The van der Waals surface area contributed by atoms with E-state index < -0.39 is 36.7 Å². The van der Waals surface area contributed by atoms with Crippen molar-refractivity contribution in [2.75, 3.05) is 0 Å². The topological polar surface area (TPSA) is 157 Å². The second kappa shape index (κ2) is 7.94. The zero-order valence-electron chi connectivity index (χ0n) is 18.3. The van der Waals surface area contributed by atoms with Crippen LogP contribution in [0.15, 0.2) is 12.1 Å². The Hall–Kier alpha value is -2.20. The van der Waals surface area contributed by atoms with Gasteiger partial charge in [-0.3, -0.25) is 4.79 Å². The molecule has 1 aromatic rings. The standard InChI is InChI=1S/C24H30O9/c1-24-9-8-11-10-4-6-15(25)20(13(10)3-2-12(11)14(24)5-7-16(24)26)32-23-19(29)17(27)18(28)21(33-23)22(30)31/h4,6,11-12,14,17-19,21,23,25,27-29H,2-3,5,7-9H2,1H3,(H,30,31)/p-1/t11-,12-,14+,17+,18+,19-,21+,23-,24+/m1/s1. The van der Waals surface area contributed by atoms with E-state index in [9.17, 15) is 35.1 Å². The highest BCUT2D eigenvalue weighted by atomic mass is 16.7. The second-order valence-corrected chi connectivity index (χ2v) is 10.1. The molecule has 3 fully saturated rings. The van der Waals surface area contributed by atoms with Gasteiger partial charge in [0.25, 0.3) is 0 Å². The monoisotopic (exact) mass is 461 g/mol. The number of carbonyl (C=O) groups excluding carboxylic acids is 2. The van der Waals surface area contributed by atoms with Crippen LogP contribution in [0.5, 0.6) is 11.5 Å². The fourth-order valence-electron chi connectivity index (χ4n) is 6.78. The molecule has 0 unspecified atom stereocenters. The largest absolute Gasteiger partial charge is 0.547 e. The number of Topliss-reactive ketones (excluding diaryl/α,β-unsaturated/α-hetero) is 1. The molecule has 4 N–H and O–H groups in total. The number of hydrogen-bond donors (Lipinski definition) is 4. The van der Waals surface area contributed by atoms with Crippen LogP contribution in [0.3, 0.4) is 0 Å². The van der Waals surface area contributed by atoms with E-state index in [1.54, 1.807) is 0 Å². The lowest BCUT2D eigenvalue weighted by Gasteiger charge is -2.48. The average Bonchev–Trinajstić information content (AvgIpc) is 3.09. The van der Waals surface area contributed by atoms with E-state index in [0.29, 0.717) is 30.5 Å². The van der Waals surface area contributed by atoms with Gasteiger partial charge in [0.2, 0.25) is 6.29 Å². The third-order valence-corrected chi connectivity index (χ3v) is 8.59. The number of aliphatic carboxylic acids is 1. The Bertz CT molecular complexity index is 977. The highest BCUT2D eigenvalue weighted by Gasteiger charge is 2.55. The fourth-order valence-corrected chi connectivity index (χ4v) is 6.78. The summed E-state index contributed by atoms with van der Waals surface area (Å²) in [6, 6.07) is 3.37. The number of aliphatic hydroxyl groups is 3. The van der Waals surface area contributed by atoms with Crippen LogP contribution in [0.2, 0.25) is 0 Å². The Morgan fingerprint density at radius 3 is 2.61 bits per heavy atom. The number of carboxylic acid groups (broad SMARTS) is 1. The number of phenols is 1. The van der Waals surface area contributed by atoms with Gasteiger partial charge < -0.3 is 39.8 Å². The Labute approximate surface area is 190 Å². The highest BCUT2D eigenvalue weighted by Crippen LogP contribution is 2.60. The first-order valence-corrected chi connectivity index (χ1v) is 11.6. The van der Waals surface area contributed by atoms with Crippen molar-refractivity contribution in [1.82, 2.24) is 0 Å². The van der Waals surface area contributed by atoms with E-state index in [4.69, 9.17) is 9.47 Å². The maximum atomic E-state index is 12.6. The number of ketones is 1. The van der Waals surface area contributed by atoms with Gasteiger partial charge in [-0.2, -0.15) is 0 Å². The van der Waals surface area contributed by atoms with Gasteiger partial charge in [-0.15, -0.1) is 0 Å². The van der Waals surface area contributed by atoms with Crippen molar-refractivity contribution in [3.63, 3.8) is 0 Å². The molecule has 1 saturated heterocycles. The summed E-state index contributed by atoms with van der Waals surface area (Å²) in [4.78, 5) is 23.8. The summed E-state index contributed by atoms with van der Waals surface area (Å²) in [6.45, 7) is 2.10. The molecule has 5 rings (SSSR count). The van der Waals surface area contributed by atoms with Crippen molar-refractivity contribution in [1.29, 1.82) is 0 Å². The number of aliphatic hydroxyl groups excluding tert-OH is 3. The number of fused-ring (bicyclic) bond motifs is 5. The Morgan fingerprint density at radius 1 is 1.12 bits per heavy atom. The maximum Gasteiger partial charge on any atom is 0.229 e. The molecular weight excluding hydrogens is 432 g/mol. The van der Waals surface area contributed by atoms with Crippen molar-refractivity contribution in [3.05, 3.63) is 23.3 Å². The van der Waals surface area contributed by atoms with Crippen LogP contribution < -0.4 is 9.84 Å². The molecule has 0 aromatic heterocycles. The summed E-state index contributed by atoms with van der Waals surface area (Å²) in [5.41, 5.74) is 1.51. The lowest BCUT2D eigenvalue weighted by atomic mass is 9.55. The number of phenolic OH excluding ortho intramolecular Hbond substituents is 1. The minimum Gasteiger partial charge on any atom is -0.547 e. The number of carboxylic acids is 1. The fraction of sp³-hybridized carbons (Fsp3) is 0.667. The molecule has 0 amide bonds. The number of hydrogen-bond acceptors (Lipinski definition) is 9. The van der Waals surface area contributed by atoms with Gasteiger partial charge in [0.05, 0.1) is 5.97 Å². The minimum atomic E-state index is -1.89. The van der Waals surface area contributed by atoms with Crippen molar-refractivity contribution < 1.29 is 44.6 Å². The summed E-state index contributed by atoms with van der Waals surface area (Å²) >= 11 is 0. The first-order valence-electron chi connectivity index (χ1n) is 11.6. The lowest BCUT2D eigenvalue weighted by Crippen LogP contribution is -2.63. The molecular formula is C24H29O9-. The first kappa shape index (κ1) is 22.6. The van der Waals surface area contributed by atoms with Gasteiger partial charge in [-0.05, 0) is 61.5 Å². The number of aromatic hydroxyl groups is 1. The van der Waals surface area contributed by atoms with Crippen molar-refractivity contribution in [2.45, 2.75) is 82.1 Å². The van der Waals surface area contributed by atoms with Gasteiger partial charge >= 0.3 is 0 Å². The van der Waals surface area contributed by atoms with Gasteiger partial charge in [-0.1, -0.05) is 13.0 Å². The molecule has 1 heterocycles. The molecule has 0 spiro atoms. The van der Waals surface area contributed by atoms with Crippen LogP contribution in [0, 0.1) is 17.3 Å². The number of benzene rings is 1. The molecule has 9 nitrogen and oxygen atoms in total. The van der Waals surface area contributed by atoms with E-state index in [-0.39, 0.29) is 22.8 Å². The summed E-state index contributed by atoms with van der Waals surface area (Å²) < 4.78 is 10.9. The molecule has 0 bridgehead atoms. The van der Waals surface area contributed by atoms with Crippen molar-refractivity contribution >= 4 is 11.8 Å². The normalized spacial score (nSPS) is 42.2. The smallest absolute Gasteiger partial charge is 0.229 e. The van der Waals surface area contributed by atoms with Crippen LogP contribution in [-0.2, 0) is 20.7 Å². The zero-order chi connectivity index (χ0) is 23.7. The van der Waals surface area contributed by atoms with Crippen LogP contribution >= 0.6 is 0 Å². The van der Waals surface area contributed by atoms with E-state index in [1.807, 2.05) is 6.07 Å². The van der Waals surface area contributed by atoms with Gasteiger partial charge in [0.1, 0.15) is 30.2 Å². The number of rotatable bonds is 3. The molecule has 9 atom stereocenters. The van der Waals surface area contributed by atoms with Crippen LogP contribution in [-0.4, -0.2) is 62.9 Å². The second-order valence-electron chi connectivity index (χ2n) is 10.1. The van der Waals surface area contributed by atoms with Gasteiger partial charge in [0, 0.05) is 17.4 Å². The molecule has 9 heteroatoms. The summed E-state index contributed by atoms with van der Waals surface area (Å²) in [5.74, 6) is -0.605. The van der Waals surface area contributed by atoms with E-state index in [1.165, 1.54) is 6.07 Å².